The van der Waals surface area contributed by atoms with E-state index in [-0.39, 0.29) is 5.91 Å². The maximum atomic E-state index is 11.6. The lowest BCUT2D eigenvalue weighted by molar-refractivity contribution is -0.117. The van der Waals surface area contributed by atoms with Gasteiger partial charge in [-0.05, 0) is 56.5 Å². The Bertz CT molecular complexity index is 1020. The van der Waals surface area contributed by atoms with Gasteiger partial charge in [-0.1, -0.05) is 30.8 Å². The van der Waals surface area contributed by atoms with Gasteiger partial charge in [0.25, 0.3) is 0 Å². The monoisotopic (exact) mass is 391 g/mol. The van der Waals surface area contributed by atoms with Gasteiger partial charge in [0.05, 0.1) is 17.6 Å². The summed E-state index contributed by atoms with van der Waals surface area (Å²) >= 11 is 0. The highest BCUT2D eigenvalue weighted by Crippen LogP contribution is 2.20. The van der Waals surface area contributed by atoms with Crippen molar-refractivity contribution in [3.63, 3.8) is 0 Å². The van der Waals surface area contributed by atoms with Crippen LogP contribution in [0.1, 0.15) is 30.3 Å². The Kier molecular flexibility index (Phi) is 6.70. The number of imidazole rings is 1. The molecule has 1 heterocycles. The SMILES string of the molecule is C=C(C)C(=O)NCCCc1nc2ccccc2n1CCOc1cc(C)ccc1C. The molecule has 152 valence electrons. The van der Waals surface area contributed by atoms with Gasteiger partial charge >= 0.3 is 0 Å². The number of amides is 1. The van der Waals surface area contributed by atoms with E-state index < -0.39 is 0 Å². The van der Waals surface area contributed by atoms with Gasteiger partial charge in [0.1, 0.15) is 18.2 Å². The van der Waals surface area contributed by atoms with Crippen molar-refractivity contribution in [1.82, 2.24) is 14.9 Å². The predicted molar refractivity (Wildman–Crippen MR) is 117 cm³/mol. The number of aryl methyl sites for hydroxylation is 3. The van der Waals surface area contributed by atoms with Crippen molar-refractivity contribution in [1.29, 1.82) is 0 Å². The van der Waals surface area contributed by atoms with Gasteiger partial charge in [-0.3, -0.25) is 4.79 Å². The van der Waals surface area contributed by atoms with Crippen molar-refractivity contribution in [3.8, 4) is 5.75 Å². The van der Waals surface area contributed by atoms with Crippen molar-refractivity contribution in [2.75, 3.05) is 13.2 Å². The number of aromatic nitrogens is 2. The summed E-state index contributed by atoms with van der Waals surface area (Å²) < 4.78 is 8.29. The molecule has 3 rings (SSSR count). The van der Waals surface area contributed by atoms with Crippen molar-refractivity contribution >= 4 is 16.9 Å². The second-order valence-electron chi connectivity index (χ2n) is 7.43. The number of nitrogens with zero attached hydrogens (tertiary/aromatic N) is 2. The summed E-state index contributed by atoms with van der Waals surface area (Å²) in [4.78, 5) is 16.4. The van der Waals surface area contributed by atoms with E-state index in [4.69, 9.17) is 9.72 Å². The summed E-state index contributed by atoms with van der Waals surface area (Å²) in [7, 11) is 0. The van der Waals surface area contributed by atoms with Gasteiger partial charge in [-0.15, -0.1) is 0 Å². The topological polar surface area (TPSA) is 56.2 Å². The standard InChI is InChI=1S/C24H29N3O2/c1-17(2)24(28)25-13-7-10-23-26-20-8-5-6-9-21(20)27(23)14-15-29-22-16-18(3)11-12-19(22)4/h5-6,8-9,11-12,16H,1,7,10,13-15H2,2-4H3,(H,25,28). The third-order valence-electron chi connectivity index (χ3n) is 4.90. The Balaban J connectivity index is 1.67. The van der Waals surface area contributed by atoms with Crippen molar-refractivity contribution in [3.05, 3.63) is 71.6 Å². The Hall–Kier alpha value is -3.08. The third kappa shape index (κ3) is 5.25. The van der Waals surface area contributed by atoms with Crippen LogP contribution in [0.2, 0.25) is 0 Å². The van der Waals surface area contributed by atoms with Crippen LogP contribution in [0.4, 0.5) is 0 Å². The normalized spacial score (nSPS) is 10.9. The van der Waals surface area contributed by atoms with Gasteiger partial charge in [0.15, 0.2) is 0 Å². The molecular weight excluding hydrogens is 362 g/mol. The number of carbonyl (C=O) groups excluding carboxylic acids is 1. The van der Waals surface area contributed by atoms with Crippen LogP contribution >= 0.6 is 0 Å². The molecule has 0 saturated carbocycles. The number of rotatable bonds is 9. The highest BCUT2D eigenvalue weighted by molar-refractivity contribution is 5.92. The molecule has 0 aliphatic carbocycles. The van der Waals surface area contributed by atoms with Crippen LogP contribution in [0.3, 0.4) is 0 Å². The minimum Gasteiger partial charge on any atom is -0.491 e. The van der Waals surface area contributed by atoms with Gasteiger partial charge in [0.2, 0.25) is 5.91 Å². The van der Waals surface area contributed by atoms with E-state index in [9.17, 15) is 4.79 Å². The number of ether oxygens (including phenoxy) is 1. The molecule has 0 unspecified atom stereocenters. The largest absolute Gasteiger partial charge is 0.491 e. The first kappa shape index (κ1) is 20.6. The fourth-order valence-corrected chi connectivity index (χ4v) is 3.27. The van der Waals surface area contributed by atoms with Crippen LogP contribution in [-0.4, -0.2) is 28.6 Å². The zero-order valence-corrected chi connectivity index (χ0v) is 17.5. The molecule has 1 aromatic heterocycles. The van der Waals surface area contributed by atoms with Gasteiger partial charge in [0, 0.05) is 18.5 Å². The smallest absolute Gasteiger partial charge is 0.246 e. The molecule has 0 aliphatic heterocycles. The number of hydrogen-bond donors (Lipinski definition) is 1. The third-order valence-corrected chi connectivity index (χ3v) is 4.90. The molecule has 2 aromatic carbocycles. The quantitative estimate of drug-likeness (QED) is 0.436. The number of fused-ring (bicyclic) bond motifs is 1. The molecule has 0 saturated heterocycles. The minimum atomic E-state index is -0.0968. The summed E-state index contributed by atoms with van der Waals surface area (Å²) in [6.45, 7) is 11.4. The molecule has 5 heteroatoms. The number of benzene rings is 2. The van der Waals surface area contributed by atoms with Crippen molar-refractivity contribution in [2.24, 2.45) is 0 Å². The molecule has 0 aliphatic rings. The lowest BCUT2D eigenvalue weighted by atomic mass is 10.1. The van der Waals surface area contributed by atoms with Crippen molar-refractivity contribution in [2.45, 2.75) is 40.2 Å². The lowest BCUT2D eigenvalue weighted by Crippen LogP contribution is -2.25. The van der Waals surface area contributed by atoms with Crippen LogP contribution in [0.25, 0.3) is 11.0 Å². The molecule has 0 radical (unpaired) electrons. The predicted octanol–water partition coefficient (Wildman–Crippen LogP) is 4.36. The van der Waals surface area contributed by atoms with E-state index in [2.05, 4.69) is 54.6 Å². The zero-order chi connectivity index (χ0) is 20.8. The molecule has 1 amide bonds. The fraction of sp³-hybridized carbons (Fsp3) is 0.333. The highest BCUT2D eigenvalue weighted by atomic mass is 16.5. The molecule has 0 spiro atoms. The highest BCUT2D eigenvalue weighted by Gasteiger charge is 2.11. The maximum absolute atomic E-state index is 11.6. The second kappa shape index (κ2) is 9.41. The van der Waals surface area contributed by atoms with E-state index in [1.807, 2.05) is 18.2 Å². The van der Waals surface area contributed by atoms with Crippen LogP contribution in [-0.2, 0) is 17.8 Å². The maximum Gasteiger partial charge on any atom is 0.246 e. The molecule has 5 nitrogen and oxygen atoms in total. The number of carbonyl (C=O) groups is 1. The second-order valence-corrected chi connectivity index (χ2v) is 7.43. The van der Waals surface area contributed by atoms with Gasteiger partial charge < -0.3 is 14.6 Å². The van der Waals surface area contributed by atoms with Gasteiger partial charge in [-0.25, -0.2) is 4.98 Å². The fourth-order valence-electron chi connectivity index (χ4n) is 3.27. The summed E-state index contributed by atoms with van der Waals surface area (Å²) in [5.74, 6) is 1.85. The number of hydrogen-bond acceptors (Lipinski definition) is 3. The van der Waals surface area contributed by atoms with Gasteiger partial charge in [-0.2, -0.15) is 0 Å². The molecule has 1 N–H and O–H groups in total. The summed E-state index contributed by atoms with van der Waals surface area (Å²) in [6, 6.07) is 14.4. The molecule has 0 atom stereocenters. The summed E-state index contributed by atoms with van der Waals surface area (Å²) in [5, 5.41) is 2.88. The Morgan fingerprint density at radius 2 is 2.00 bits per heavy atom. The Morgan fingerprint density at radius 3 is 2.79 bits per heavy atom. The molecule has 3 aromatic rings. The van der Waals surface area contributed by atoms with E-state index >= 15 is 0 Å². The Morgan fingerprint density at radius 1 is 1.21 bits per heavy atom. The first-order chi connectivity index (χ1) is 14.0. The summed E-state index contributed by atoms with van der Waals surface area (Å²) in [5.41, 5.74) is 4.95. The van der Waals surface area contributed by atoms with E-state index in [1.54, 1.807) is 6.92 Å². The zero-order valence-electron chi connectivity index (χ0n) is 17.5. The molecule has 0 fully saturated rings. The molecule has 29 heavy (non-hydrogen) atoms. The van der Waals surface area contributed by atoms with Crippen LogP contribution in [0, 0.1) is 13.8 Å². The molecule has 0 bridgehead atoms. The first-order valence-electron chi connectivity index (χ1n) is 10.0. The van der Waals surface area contributed by atoms with Crippen LogP contribution < -0.4 is 10.1 Å². The minimum absolute atomic E-state index is 0.0968. The van der Waals surface area contributed by atoms with Crippen LogP contribution in [0.15, 0.2) is 54.6 Å². The first-order valence-corrected chi connectivity index (χ1v) is 10.0. The average Bonchev–Trinajstić information content (AvgIpc) is 3.05. The van der Waals surface area contributed by atoms with E-state index in [1.165, 1.54) is 5.56 Å². The van der Waals surface area contributed by atoms with Crippen LogP contribution in [0.5, 0.6) is 5.75 Å². The number of nitrogens with one attached hydrogen (secondary N) is 1. The Labute approximate surface area is 172 Å². The van der Waals surface area contributed by atoms with E-state index in [0.717, 1.165) is 47.6 Å². The van der Waals surface area contributed by atoms with Crippen molar-refractivity contribution < 1.29 is 9.53 Å². The number of para-hydroxylation sites is 2. The lowest BCUT2D eigenvalue weighted by Gasteiger charge is -2.13. The average molecular weight is 392 g/mol. The molecular formula is C24H29N3O2. The van der Waals surface area contributed by atoms with E-state index in [0.29, 0.717) is 18.7 Å². The summed E-state index contributed by atoms with van der Waals surface area (Å²) in [6.07, 6.45) is 1.61.